The fourth-order valence-electron chi connectivity index (χ4n) is 4.05. The molecule has 1 aliphatic carbocycles. The maximum atomic E-state index is 12.8. The quantitative estimate of drug-likeness (QED) is 0.712. The highest BCUT2D eigenvalue weighted by Gasteiger charge is 2.28. The minimum atomic E-state index is -0.288. The number of carbonyl (C=O) groups excluding carboxylic acids is 1. The van der Waals surface area contributed by atoms with Gasteiger partial charge < -0.3 is 5.32 Å². The monoisotopic (exact) mass is 413 g/mol. The number of carbonyl (C=O) groups is 1. The van der Waals surface area contributed by atoms with Gasteiger partial charge in [0.25, 0.3) is 5.56 Å². The van der Waals surface area contributed by atoms with Crippen LogP contribution in [-0.2, 0) is 11.3 Å². The maximum absolute atomic E-state index is 12.8. The third kappa shape index (κ3) is 3.92. The molecule has 3 unspecified atom stereocenters. The molecule has 0 spiro atoms. The Hall–Kier alpha value is -2.67. The second kappa shape index (κ2) is 7.99. The second-order valence-electron chi connectivity index (χ2n) is 7.89. The van der Waals surface area contributed by atoms with Gasteiger partial charge in [-0.25, -0.2) is 9.67 Å². The van der Waals surface area contributed by atoms with Gasteiger partial charge in [-0.05, 0) is 36.5 Å². The van der Waals surface area contributed by atoms with Gasteiger partial charge in [0.05, 0.1) is 11.9 Å². The van der Waals surface area contributed by atoms with Crippen LogP contribution in [0, 0.1) is 11.8 Å². The number of hydrogen-bond donors (Lipinski definition) is 1. The summed E-state index contributed by atoms with van der Waals surface area (Å²) < 4.78 is 2.90. The zero-order chi connectivity index (χ0) is 20.5. The number of halogens is 1. The average molecular weight is 414 g/mol. The van der Waals surface area contributed by atoms with E-state index in [2.05, 4.69) is 29.2 Å². The zero-order valence-electron chi connectivity index (χ0n) is 16.5. The van der Waals surface area contributed by atoms with E-state index in [1.807, 2.05) is 12.1 Å². The van der Waals surface area contributed by atoms with Gasteiger partial charge in [-0.2, -0.15) is 5.10 Å². The molecule has 1 saturated carbocycles. The molecule has 1 N–H and O–H groups in total. The molecular formula is C21H24ClN5O2. The van der Waals surface area contributed by atoms with Crippen molar-refractivity contribution >= 4 is 28.5 Å². The van der Waals surface area contributed by atoms with Gasteiger partial charge >= 0.3 is 0 Å². The van der Waals surface area contributed by atoms with Gasteiger partial charge in [-0.15, -0.1) is 0 Å². The molecule has 1 fully saturated rings. The predicted octanol–water partition coefficient (Wildman–Crippen LogP) is 3.18. The van der Waals surface area contributed by atoms with Crippen LogP contribution in [0.15, 0.2) is 41.6 Å². The Morgan fingerprint density at radius 2 is 2.14 bits per heavy atom. The van der Waals surface area contributed by atoms with E-state index in [0.717, 1.165) is 18.5 Å². The molecule has 1 amide bonds. The van der Waals surface area contributed by atoms with E-state index >= 15 is 0 Å². The number of hydrogen-bond acceptors (Lipinski definition) is 4. The first kappa shape index (κ1) is 19.6. The third-order valence-corrected chi connectivity index (χ3v) is 6.21. The van der Waals surface area contributed by atoms with E-state index in [1.165, 1.54) is 23.5 Å². The van der Waals surface area contributed by atoms with Crippen molar-refractivity contribution in [3.05, 3.63) is 52.2 Å². The number of rotatable bonds is 4. The van der Waals surface area contributed by atoms with Crippen molar-refractivity contribution in [1.29, 1.82) is 0 Å². The summed E-state index contributed by atoms with van der Waals surface area (Å²) >= 11 is 6.05. The van der Waals surface area contributed by atoms with Crippen molar-refractivity contribution in [1.82, 2.24) is 24.6 Å². The number of fused-ring (bicyclic) bond motifs is 1. The number of amides is 1. The van der Waals surface area contributed by atoms with Crippen LogP contribution in [0.2, 0.25) is 5.02 Å². The first-order valence-electron chi connectivity index (χ1n) is 9.92. The van der Waals surface area contributed by atoms with Gasteiger partial charge in [0.15, 0.2) is 5.65 Å². The molecule has 1 aliphatic rings. The highest BCUT2D eigenvalue weighted by molar-refractivity contribution is 6.30. The lowest BCUT2D eigenvalue weighted by atomic mass is 9.78. The van der Waals surface area contributed by atoms with E-state index in [0.29, 0.717) is 27.9 Å². The summed E-state index contributed by atoms with van der Waals surface area (Å²) in [6.45, 7) is 4.35. The number of nitrogens with one attached hydrogen (secondary N) is 1. The molecule has 0 bridgehead atoms. The first-order chi connectivity index (χ1) is 13.9. The topological polar surface area (TPSA) is 81.8 Å². The fourth-order valence-corrected chi connectivity index (χ4v) is 4.24. The highest BCUT2D eigenvalue weighted by atomic mass is 35.5. The molecule has 7 nitrogen and oxygen atoms in total. The van der Waals surface area contributed by atoms with Gasteiger partial charge in [-0.3, -0.25) is 14.2 Å². The van der Waals surface area contributed by atoms with Crippen molar-refractivity contribution in [2.75, 3.05) is 0 Å². The SMILES string of the molecule is CC1CCCC(NC(=O)Cn2cnc3c(cnn3-c3cccc(Cl)c3)c2=O)C1C. The summed E-state index contributed by atoms with van der Waals surface area (Å²) in [5.41, 5.74) is 0.863. The van der Waals surface area contributed by atoms with Gasteiger partial charge in [0.1, 0.15) is 18.3 Å². The van der Waals surface area contributed by atoms with E-state index < -0.39 is 0 Å². The minimum absolute atomic E-state index is 0.0538. The summed E-state index contributed by atoms with van der Waals surface area (Å²) in [5, 5.41) is 8.31. The van der Waals surface area contributed by atoms with Crippen LogP contribution in [0.25, 0.3) is 16.7 Å². The Labute approximate surface area is 173 Å². The molecule has 1 aromatic carbocycles. The van der Waals surface area contributed by atoms with Crippen LogP contribution < -0.4 is 10.9 Å². The summed E-state index contributed by atoms with van der Waals surface area (Å²) in [7, 11) is 0. The Kier molecular flexibility index (Phi) is 5.41. The van der Waals surface area contributed by atoms with Crippen molar-refractivity contribution in [3.63, 3.8) is 0 Å². The Balaban J connectivity index is 1.55. The van der Waals surface area contributed by atoms with Crippen LogP contribution in [0.1, 0.15) is 33.1 Å². The van der Waals surface area contributed by atoms with Crippen LogP contribution in [0.5, 0.6) is 0 Å². The number of nitrogens with zero attached hydrogens (tertiary/aromatic N) is 4. The lowest BCUT2D eigenvalue weighted by Gasteiger charge is -2.34. The Bertz CT molecular complexity index is 1110. The maximum Gasteiger partial charge on any atom is 0.264 e. The molecule has 3 atom stereocenters. The Morgan fingerprint density at radius 3 is 2.93 bits per heavy atom. The zero-order valence-corrected chi connectivity index (χ0v) is 17.3. The van der Waals surface area contributed by atoms with Crippen LogP contribution in [-0.4, -0.2) is 31.3 Å². The number of aromatic nitrogens is 4. The van der Waals surface area contributed by atoms with Crippen molar-refractivity contribution in [3.8, 4) is 5.69 Å². The Morgan fingerprint density at radius 1 is 1.31 bits per heavy atom. The van der Waals surface area contributed by atoms with Gasteiger partial charge in [0, 0.05) is 11.1 Å². The molecule has 2 aromatic heterocycles. The largest absolute Gasteiger partial charge is 0.352 e. The highest BCUT2D eigenvalue weighted by Crippen LogP contribution is 2.29. The fraction of sp³-hybridized carbons (Fsp3) is 0.429. The van der Waals surface area contributed by atoms with E-state index in [9.17, 15) is 9.59 Å². The van der Waals surface area contributed by atoms with Crippen LogP contribution in [0.3, 0.4) is 0 Å². The van der Waals surface area contributed by atoms with E-state index in [1.54, 1.807) is 16.8 Å². The molecule has 8 heteroatoms. The van der Waals surface area contributed by atoms with Crippen LogP contribution in [0.4, 0.5) is 0 Å². The molecule has 3 aromatic rings. The summed E-state index contributed by atoms with van der Waals surface area (Å²) in [4.78, 5) is 29.8. The van der Waals surface area contributed by atoms with Crippen LogP contribution >= 0.6 is 11.6 Å². The third-order valence-electron chi connectivity index (χ3n) is 5.97. The van der Waals surface area contributed by atoms with Crippen molar-refractivity contribution in [2.45, 2.75) is 45.7 Å². The number of benzene rings is 1. The summed E-state index contributed by atoms with van der Waals surface area (Å²) in [6, 6.07) is 7.32. The molecular weight excluding hydrogens is 390 g/mol. The summed E-state index contributed by atoms with van der Waals surface area (Å²) in [6.07, 6.45) is 6.18. The second-order valence-corrected chi connectivity index (χ2v) is 8.33. The summed E-state index contributed by atoms with van der Waals surface area (Å²) in [5.74, 6) is 0.856. The normalized spacial score (nSPS) is 22.0. The van der Waals surface area contributed by atoms with Gasteiger partial charge in [-0.1, -0.05) is 44.4 Å². The predicted molar refractivity (Wildman–Crippen MR) is 112 cm³/mol. The first-order valence-corrected chi connectivity index (χ1v) is 10.3. The minimum Gasteiger partial charge on any atom is -0.352 e. The van der Waals surface area contributed by atoms with Crippen molar-refractivity contribution in [2.24, 2.45) is 11.8 Å². The molecule has 0 radical (unpaired) electrons. The molecule has 0 aliphatic heterocycles. The molecule has 4 rings (SSSR count). The van der Waals surface area contributed by atoms with Gasteiger partial charge in [0.2, 0.25) is 5.91 Å². The molecule has 152 valence electrons. The van der Waals surface area contributed by atoms with E-state index in [4.69, 9.17) is 11.6 Å². The van der Waals surface area contributed by atoms with Crippen molar-refractivity contribution < 1.29 is 4.79 Å². The molecule has 0 saturated heterocycles. The molecule has 29 heavy (non-hydrogen) atoms. The smallest absolute Gasteiger partial charge is 0.264 e. The van der Waals surface area contributed by atoms with E-state index in [-0.39, 0.29) is 24.1 Å². The lowest BCUT2D eigenvalue weighted by Crippen LogP contribution is -2.45. The lowest BCUT2D eigenvalue weighted by molar-refractivity contribution is -0.123. The average Bonchev–Trinajstić information content (AvgIpc) is 3.12. The standard InChI is InChI=1S/C21H24ClN5O2/c1-13-5-3-8-18(14(13)2)25-19(28)11-26-12-23-20-17(21(26)29)10-24-27(20)16-7-4-6-15(22)9-16/h4,6-7,9-10,12-14,18H,3,5,8,11H2,1-2H3,(H,25,28). The molecule has 2 heterocycles.